The number of nitrogens with zero attached hydrogens (tertiary/aromatic N) is 1. The van der Waals surface area contributed by atoms with Gasteiger partial charge in [0.1, 0.15) is 0 Å². The van der Waals surface area contributed by atoms with Gasteiger partial charge in [-0.15, -0.1) is 0 Å². The fourth-order valence-electron chi connectivity index (χ4n) is 3.42. The smallest absolute Gasteiger partial charge is 0.0867 e. The Balaban J connectivity index is 1.65. The van der Waals surface area contributed by atoms with Gasteiger partial charge in [-0.2, -0.15) is 0 Å². The van der Waals surface area contributed by atoms with E-state index in [-0.39, 0.29) is 0 Å². The van der Waals surface area contributed by atoms with Gasteiger partial charge < -0.3 is 0 Å². The molecule has 0 amide bonds. The highest BCUT2D eigenvalue weighted by Crippen LogP contribution is 2.34. The summed E-state index contributed by atoms with van der Waals surface area (Å²) in [5, 5.41) is 4.45. The van der Waals surface area contributed by atoms with Crippen LogP contribution in [0.25, 0.3) is 0 Å². The molecule has 2 aromatic carbocycles. The van der Waals surface area contributed by atoms with Gasteiger partial charge in [0.25, 0.3) is 0 Å². The summed E-state index contributed by atoms with van der Waals surface area (Å²) in [6.45, 7) is 2.09. The maximum absolute atomic E-state index is 5.99. The Kier molecular flexibility index (Phi) is 3.03. The third-order valence-electron chi connectivity index (χ3n) is 4.46. The topological polar surface area (TPSA) is 15.3 Å². The van der Waals surface area contributed by atoms with E-state index in [2.05, 4.69) is 46.6 Å². The average molecular weight is 285 g/mol. The summed E-state index contributed by atoms with van der Waals surface area (Å²) in [5.74, 6) is 0. The van der Waals surface area contributed by atoms with E-state index in [1.807, 2.05) is 12.1 Å². The minimum absolute atomic E-state index is 0.311. The van der Waals surface area contributed by atoms with Crippen LogP contribution in [0.1, 0.15) is 22.9 Å². The van der Waals surface area contributed by atoms with Crippen LogP contribution in [-0.2, 0) is 13.0 Å². The minimum atomic E-state index is 0.311. The summed E-state index contributed by atoms with van der Waals surface area (Å²) in [7, 11) is 0. The van der Waals surface area contributed by atoms with Gasteiger partial charge in [0.05, 0.1) is 6.17 Å². The number of benzene rings is 2. The van der Waals surface area contributed by atoms with Crippen molar-refractivity contribution in [2.24, 2.45) is 0 Å². The Morgan fingerprint density at radius 2 is 1.75 bits per heavy atom. The molecule has 20 heavy (non-hydrogen) atoms. The second kappa shape index (κ2) is 4.88. The van der Waals surface area contributed by atoms with Gasteiger partial charge in [-0.3, -0.25) is 10.2 Å². The summed E-state index contributed by atoms with van der Waals surface area (Å²) in [5.41, 5.74) is 4.27. The Bertz CT molecular complexity index is 623. The molecule has 1 saturated heterocycles. The van der Waals surface area contributed by atoms with Gasteiger partial charge in [-0.05, 0) is 35.2 Å². The van der Waals surface area contributed by atoms with Gasteiger partial charge in [0.2, 0.25) is 0 Å². The van der Waals surface area contributed by atoms with E-state index in [4.69, 9.17) is 11.6 Å². The molecule has 2 aliphatic rings. The second-order valence-electron chi connectivity index (χ2n) is 5.66. The van der Waals surface area contributed by atoms with Crippen molar-refractivity contribution in [3.8, 4) is 0 Å². The monoisotopic (exact) mass is 284 g/mol. The summed E-state index contributed by atoms with van der Waals surface area (Å²) >= 11 is 5.99. The number of halogens is 1. The Morgan fingerprint density at radius 1 is 1.00 bits per heavy atom. The van der Waals surface area contributed by atoms with Gasteiger partial charge in [-0.1, -0.05) is 48.0 Å². The van der Waals surface area contributed by atoms with E-state index in [9.17, 15) is 0 Å². The fourth-order valence-corrected chi connectivity index (χ4v) is 3.54. The zero-order chi connectivity index (χ0) is 13.5. The molecular formula is C17H17ClN2. The van der Waals surface area contributed by atoms with Crippen LogP contribution in [0.3, 0.4) is 0 Å². The highest BCUT2D eigenvalue weighted by molar-refractivity contribution is 6.30. The lowest BCUT2D eigenvalue weighted by atomic mass is 9.94. The maximum atomic E-state index is 5.99. The molecule has 0 bridgehead atoms. The predicted molar refractivity (Wildman–Crippen MR) is 81.7 cm³/mol. The highest BCUT2D eigenvalue weighted by Gasteiger charge is 2.36. The van der Waals surface area contributed by atoms with E-state index in [1.165, 1.54) is 16.7 Å². The number of hydrogen-bond acceptors (Lipinski definition) is 2. The summed E-state index contributed by atoms with van der Waals surface area (Å²) in [6.07, 6.45) is 1.46. The highest BCUT2D eigenvalue weighted by atomic mass is 35.5. The van der Waals surface area contributed by atoms with Crippen molar-refractivity contribution in [3.05, 3.63) is 70.2 Å². The molecule has 2 heterocycles. The number of rotatable bonds is 1. The van der Waals surface area contributed by atoms with Crippen molar-refractivity contribution in [1.29, 1.82) is 0 Å². The molecule has 4 rings (SSSR count). The number of hydrogen-bond donors (Lipinski definition) is 1. The van der Waals surface area contributed by atoms with Crippen LogP contribution < -0.4 is 5.32 Å². The van der Waals surface area contributed by atoms with Crippen molar-refractivity contribution < 1.29 is 0 Å². The van der Waals surface area contributed by atoms with Crippen LogP contribution in [0, 0.1) is 0 Å². The van der Waals surface area contributed by atoms with Crippen LogP contribution >= 0.6 is 11.6 Å². The normalized spacial score (nSPS) is 25.2. The van der Waals surface area contributed by atoms with Gasteiger partial charge in [-0.25, -0.2) is 0 Å². The van der Waals surface area contributed by atoms with Gasteiger partial charge in [0.15, 0.2) is 0 Å². The molecule has 0 spiro atoms. The second-order valence-corrected chi connectivity index (χ2v) is 6.10. The number of nitrogens with one attached hydrogen (secondary N) is 1. The van der Waals surface area contributed by atoms with Crippen molar-refractivity contribution in [3.63, 3.8) is 0 Å². The Morgan fingerprint density at radius 3 is 2.55 bits per heavy atom. The van der Waals surface area contributed by atoms with Crippen LogP contribution in [0.4, 0.5) is 0 Å². The SMILES string of the molecule is Clc1ccc([C@H]2NC[C@H]3Cc4ccccc4CN32)cc1. The van der Waals surface area contributed by atoms with E-state index in [0.29, 0.717) is 12.2 Å². The van der Waals surface area contributed by atoms with Gasteiger partial charge >= 0.3 is 0 Å². The van der Waals surface area contributed by atoms with Crippen molar-refractivity contribution in [2.75, 3.05) is 6.54 Å². The molecule has 2 atom stereocenters. The molecule has 0 aliphatic carbocycles. The van der Waals surface area contributed by atoms with Crippen LogP contribution in [0.5, 0.6) is 0 Å². The predicted octanol–water partition coefficient (Wildman–Crippen LogP) is 3.37. The standard InChI is InChI=1S/C17H17ClN2/c18-15-7-5-12(6-8-15)17-19-10-16-9-13-3-1-2-4-14(13)11-20(16)17/h1-8,16-17,19H,9-11H2/t16-,17+/m1/s1. The largest absolute Gasteiger partial charge is 0.296 e. The molecule has 0 aromatic heterocycles. The van der Waals surface area contributed by atoms with Crippen LogP contribution in [0.2, 0.25) is 5.02 Å². The Labute approximate surface area is 124 Å². The molecular weight excluding hydrogens is 268 g/mol. The van der Waals surface area contributed by atoms with Crippen molar-refractivity contribution >= 4 is 11.6 Å². The molecule has 3 heteroatoms. The minimum Gasteiger partial charge on any atom is -0.296 e. The molecule has 1 N–H and O–H groups in total. The first-order valence-corrected chi connectivity index (χ1v) is 7.50. The lowest BCUT2D eigenvalue weighted by Gasteiger charge is -2.34. The van der Waals surface area contributed by atoms with Gasteiger partial charge in [0, 0.05) is 24.2 Å². The summed E-state index contributed by atoms with van der Waals surface area (Å²) < 4.78 is 0. The third kappa shape index (κ3) is 2.05. The maximum Gasteiger partial charge on any atom is 0.0867 e. The van der Waals surface area contributed by atoms with Crippen LogP contribution in [0.15, 0.2) is 48.5 Å². The third-order valence-corrected chi connectivity index (χ3v) is 4.71. The van der Waals surface area contributed by atoms with E-state index >= 15 is 0 Å². The quantitative estimate of drug-likeness (QED) is 0.864. The molecule has 1 fully saturated rings. The lowest BCUT2D eigenvalue weighted by molar-refractivity contribution is 0.167. The first-order chi connectivity index (χ1) is 9.81. The first kappa shape index (κ1) is 12.4. The van der Waals surface area contributed by atoms with Crippen molar-refractivity contribution in [2.45, 2.75) is 25.2 Å². The van der Waals surface area contributed by atoms with E-state index in [0.717, 1.165) is 24.5 Å². The van der Waals surface area contributed by atoms with Crippen LogP contribution in [-0.4, -0.2) is 17.5 Å². The fraction of sp³-hybridized carbons (Fsp3) is 0.294. The zero-order valence-corrected chi connectivity index (χ0v) is 12.0. The van der Waals surface area contributed by atoms with Crippen molar-refractivity contribution in [1.82, 2.24) is 10.2 Å². The molecule has 0 unspecified atom stereocenters. The van der Waals surface area contributed by atoms with E-state index < -0.39 is 0 Å². The first-order valence-electron chi connectivity index (χ1n) is 7.12. The molecule has 2 aliphatic heterocycles. The molecule has 2 nitrogen and oxygen atoms in total. The molecule has 0 radical (unpaired) electrons. The summed E-state index contributed by atoms with van der Waals surface area (Å²) in [6, 6.07) is 17.6. The number of fused-ring (bicyclic) bond motifs is 2. The van der Waals surface area contributed by atoms with E-state index in [1.54, 1.807) is 0 Å². The molecule has 102 valence electrons. The average Bonchev–Trinajstić information content (AvgIpc) is 2.88. The molecule has 0 saturated carbocycles. The zero-order valence-electron chi connectivity index (χ0n) is 11.2. The summed E-state index contributed by atoms with van der Waals surface area (Å²) in [4.78, 5) is 2.57. The Hall–Kier alpha value is -1.35. The lowest BCUT2D eigenvalue weighted by Crippen LogP contribution is -2.38. The molecule has 2 aromatic rings.